The van der Waals surface area contributed by atoms with Gasteiger partial charge in [-0.1, -0.05) is 58.0 Å². The molecule has 1 unspecified atom stereocenters. The fraction of sp³-hybridized carbons (Fsp3) is 0.467. The first-order valence-electron chi connectivity index (χ1n) is 14.4. The lowest BCUT2D eigenvalue weighted by Crippen LogP contribution is -2.50. The highest BCUT2D eigenvalue weighted by molar-refractivity contribution is 7.10. The zero-order chi connectivity index (χ0) is 31.1. The Morgan fingerprint density at radius 3 is 2.30 bits per heavy atom. The van der Waals surface area contributed by atoms with Crippen LogP contribution in [0.5, 0.6) is 0 Å². The van der Waals surface area contributed by atoms with Crippen LogP contribution in [0.15, 0.2) is 41.1 Å². The molecule has 1 aliphatic rings. The van der Waals surface area contributed by atoms with Crippen LogP contribution >= 0.6 is 22.7 Å². The highest BCUT2D eigenvalue weighted by Gasteiger charge is 2.29. The van der Waals surface area contributed by atoms with Gasteiger partial charge in [-0.15, -0.1) is 22.7 Å². The molecule has 3 aromatic rings. The minimum atomic E-state index is -0.772. The van der Waals surface area contributed by atoms with Crippen molar-refractivity contribution in [3.8, 4) is 0 Å². The molecule has 13 heteroatoms. The third-order valence-corrected chi connectivity index (χ3v) is 9.07. The molecule has 1 aliphatic heterocycles. The van der Waals surface area contributed by atoms with Crippen molar-refractivity contribution in [1.29, 1.82) is 0 Å². The molecule has 4 bridgehead atoms. The summed E-state index contributed by atoms with van der Waals surface area (Å²) >= 11 is 2.60. The first-order chi connectivity index (χ1) is 20.5. The molecule has 2 aromatic heterocycles. The van der Waals surface area contributed by atoms with Gasteiger partial charge in [-0.2, -0.15) is 0 Å². The second-order valence-corrected chi connectivity index (χ2v) is 13.1. The summed E-state index contributed by atoms with van der Waals surface area (Å²) in [5.41, 5.74) is 7.65. The zero-order valence-corrected chi connectivity index (χ0v) is 26.5. The summed E-state index contributed by atoms with van der Waals surface area (Å²) in [6.07, 6.45) is 0.865. The Balaban J connectivity index is 1.67. The van der Waals surface area contributed by atoms with E-state index >= 15 is 0 Å². The smallest absolute Gasteiger partial charge is 0.271 e. The largest absolute Gasteiger partial charge is 0.351 e. The van der Waals surface area contributed by atoms with E-state index in [0.29, 0.717) is 22.9 Å². The maximum Gasteiger partial charge on any atom is 0.271 e. The summed E-state index contributed by atoms with van der Waals surface area (Å²) in [6.45, 7) is 7.94. The van der Waals surface area contributed by atoms with Crippen molar-refractivity contribution in [3.63, 3.8) is 0 Å². The van der Waals surface area contributed by atoms with Gasteiger partial charge in [0.15, 0.2) is 0 Å². The van der Waals surface area contributed by atoms with Crippen LogP contribution in [-0.4, -0.2) is 64.2 Å². The lowest BCUT2D eigenvalue weighted by molar-refractivity contribution is -0.138. The number of fused-ring (bicyclic) bond motifs is 4. The quantitative estimate of drug-likeness (QED) is 0.339. The number of hydrogen-bond donors (Lipinski definition) is 4. The monoisotopic (exact) mass is 625 g/mol. The summed E-state index contributed by atoms with van der Waals surface area (Å²) < 4.78 is 0. The van der Waals surface area contributed by atoms with Gasteiger partial charge in [0.2, 0.25) is 11.8 Å². The Bertz CT molecular complexity index is 1420. The van der Waals surface area contributed by atoms with Crippen LogP contribution in [0.25, 0.3) is 0 Å². The molecule has 0 fully saturated rings. The molecule has 0 spiro atoms. The predicted octanol–water partition coefficient (Wildman–Crippen LogP) is 3.07. The van der Waals surface area contributed by atoms with Gasteiger partial charge in [0, 0.05) is 23.8 Å². The van der Waals surface area contributed by atoms with Crippen LogP contribution in [-0.2, 0) is 16.0 Å². The predicted molar refractivity (Wildman–Crippen MR) is 167 cm³/mol. The highest BCUT2D eigenvalue weighted by atomic mass is 32.1. The number of nitrogens with zero attached hydrogens (tertiary/aromatic N) is 3. The molecule has 4 rings (SSSR count). The third-order valence-electron chi connectivity index (χ3n) is 7.18. The molecule has 43 heavy (non-hydrogen) atoms. The normalized spacial score (nSPS) is 19.6. The number of amides is 4. The van der Waals surface area contributed by atoms with E-state index in [1.165, 1.54) is 27.6 Å². The van der Waals surface area contributed by atoms with Gasteiger partial charge in [0.1, 0.15) is 21.4 Å². The SMILES string of the molecule is CC(C)[C@@H]1NC(=O)c2csc(n2)C(Cc2ccccc2)NC(=O)CN(C(=O)[C@H](N)C(C)C)CCCNC(=O)c2csc1n2. The van der Waals surface area contributed by atoms with Crippen LogP contribution in [0.4, 0.5) is 0 Å². The molecular weight excluding hydrogens is 587 g/mol. The highest BCUT2D eigenvalue weighted by Crippen LogP contribution is 2.27. The van der Waals surface area contributed by atoms with E-state index in [1.54, 1.807) is 10.8 Å². The Morgan fingerprint density at radius 2 is 1.63 bits per heavy atom. The Labute approximate surface area is 259 Å². The van der Waals surface area contributed by atoms with E-state index in [4.69, 9.17) is 5.73 Å². The first-order valence-corrected chi connectivity index (χ1v) is 16.2. The number of hydrogen-bond acceptors (Lipinski definition) is 9. The maximum atomic E-state index is 13.4. The van der Waals surface area contributed by atoms with E-state index < -0.39 is 18.1 Å². The van der Waals surface area contributed by atoms with Crippen LogP contribution in [0, 0.1) is 11.8 Å². The average molecular weight is 626 g/mol. The zero-order valence-electron chi connectivity index (χ0n) is 24.8. The minimum Gasteiger partial charge on any atom is -0.351 e. The number of carbonyl (C=O) groups is 4. The van der Waals surface area contributed by atoms with Gasteiger partial charge in [0.25, 0.3) is 11.8 Å². The van der Waals surface area contributed by atoms with Crippen molar-refractivity contribution in [2.75, 3.05) is 19.6 Å². The number of thiazole rings is 2. The lowest BCUT2D eigenvalue weighted by Gasteiger charge is -2.28. The van der Waals surface area contributed by atoms with E-state index in [9.17, 15) is 19.2 Å². The summed E-state index contributed by atoms with van der Waals surface area (Å²) in [6, 6.07) is 7.96. The molecule has 3 heterocycles. The summed E-state index contributed by atoms with van der Waals surface area (Å²) in [5.74, 6) is -1.54. The molecule has 5 N–H and O–H groups in total. The van der Waals surface area contributed by atoms with Crippen molar-refractivity contribution in [1.82, 2.24) is 30.8 Å². The van der Waals surface area contributed by atoms with E-state index in [-0.39, 0.29) is 66.5 Å². The summed E-state index contributed by atoms with van der Waals surface area (Å²) in [7, 11) is 0. The van der Waals surface area contributed by atoms with Gasteiger partial charge in [-0.25, -0.2) is 9.97 Å². The van der Waals surface area contributed by atoms with Crippen molar-refractivity contribution >= 4 is 46.3 Å². The van der Waals surface area contributed by atoms with Crippen molar-refractivity contribution in [3.05, 3.63) is 68.1 Å². The molecule has 1 aromatic carbocycles. The topological polar surface area (TPSA) is 159 Å². The van der Waals surface area contributed by atoms with Gasteiger partial charge in [0.05, 0.1) is 24.7 Å². The van der Waals surface area contributed by atoms with Crippen molar-refractivity contribution in [2.45, 2.75) is 58.7 Å². The molecular formula is C30H39N7O4S2. The number of benzene rings is 1. The summed E-state index contributed by atoms with van der Waals surface area (Å²) in [5, 5.41) is 13.4. The molecule has 0 aliphatic carbocycles. The van der Waals surface area contributed by atoms with Gasteiger partial charge >= 0.3 is 0 Å². The number of aromatic nitrogens is 2. The second kappa shape index (κ2) is 14.7. The fourth-order valence-electron chi connectivity index (χ4n) is 4.60. The fourth-order valence-corrected chi connectivity index (χ4v) is 6.47. The van der Waals surface area contributed by atoms with Crippen LogP contribution < -0.4 is 21.7 Å². The standard InChI is InChI=1S/C30H39N7O4S2/c1-17(2)24(31)30(41)37-12-8-11-32-26(39)21-15-43-29(35-21)25(18(3)4)36-27(40)22-16-42-28(34-22)20(33-23(38)14-37)13-19-9-6-5-7-10-19/h5-7,9-10,15-18,20,24-25H,8,11-14,31H2,1-4H3,(H,32,39)(H,33,38)(H,36,40)/t20?,24-,25+/m1/s1. The average Bonchev–Trinajstić information content (AvgIpc) is 3.67. The number of carbonyl (C=O) groups excluding carboxylic acids is 4. The van der Waals surface area contributed by atoms with Crippen molar-refractivity contribution in [2.24, 2.45) is 17.6 Å². The van der Waals surface area contributed by atoms with Crippen LogP contribution in [0.3, 0.4) is 0 Å². The molecule has 4 amide bonds. The van der Waals surface area contributed by atoms with E-state index in [1.807, 2.05) is 58.0 Å². The number of nitrogens with one attached hydrogen (secondary N) is 3. The lowest BCUT2D eigenvalue weighted by atomic mass is 10.0. The minimum absolute atomic E-state index is 0.00377. The molecule has 11 nitrogen and oxygen atoms in total. The third kappa shape index (κ3) is 8.46. The molecule has 0 saturated carbocycles. The molecule has 3 atom stereocenters. The second-order valence-electron chi connectivity index (χ2n) is 11.3. The van der Waals surface area contributed by atoms with E-state index in [0.717, 1.165) is 5.56 Å². The number of rotatable bonds is 5. The molecule has 0 saturated heterocycles. The Hall–Kier alpha value is -3.68. The van der Waals surface area contributed by atoms with E-state index in [2.05, 4.69) is 25.9 Å². The van der Waals surface area contributed by atoms with Gasteiger partial charge in [-0.3, -0.25) is 19.2 Å². The summed E-state index contributed by atoms with van der Waals surface area (Å²) in [4.78, 5) is 63.4. The first kappa shape index (κ1) is 32.2. The Morgan fingerprint density at radius 1 is 0.977 bits per heavy atom. The van der Waals surface area contributed by atoms with Gasteiger partial charge in [-0.05, 0) is 30.2 Å². The molecule has 230 valence electrons. The number of nitrogens with two attached hydrogens (primary N) is 1. The van der Waals surface area contributed by atoms with Crippen molar-refractivity contribution < 1.29 is 19.2 Å². The Kier molecular flexibility index (Phi) is 11.0. The van der Waals surface area contributed by atoms with Crippen LogP contribution in [0.2, 0.25) is 0 Å². The molecule has 0 radical (unpaired) electrons. The van der Waals surface area contributed by atoms with Crippen LogP contribution in [0.1, 0.15) is 82.8 Å². The maximum absolute atomic E-state index is 13.4. The van der Waals surface area contributed by atoms with Gasteiger partial charge < -0.3 is 26.6 Å².